The molecule has 2 rings (SSSR count). The number of hydrogen-bond acceptors (Lipinski definition) is 2. The number of rotatable bonds is 6. The Labute approximate surface area is 119 Å². The number of carbonyl (C=O) groups is 1. The van der Waals surface area contributed by atoms with Crippen LogP contribution in [0.5, 0.6) is 0 Å². The largest absolute Gasteiger partial charge is 0.453 e. The zero-order chi connectivity index (χ0) is 14.2. The van der Waals surface area contributed by atoms with E-state index in [1.807, 2.05) is 60.7 Å². The molecule has 0 atom stereocenters. The summed E-state index contributed by atoms with van der Waals surface area (Å²) in [6.07, 6.45) is 2.37. The van der Waals surface area contributed by atoms with Crippen LogP contribution in [0.25, 0.3) is 0 Å². The molecule has 0 aliphatic carbocycles. The van der Waals surface area contributed by atoms with Gasteiger partial charge in [-0.3, -0.25) is 4.79 Å². The van der Waals surface area contributed by atoms with Gasteiger partial charge in [0.1, 0.15) is 0 Å². The molecule has 0 spiro atoms. The molecular formula is C18H18O2. The Hall–Kier alpha value is -2.35. The van der Waals surface area contributed by atoms with Crippen LogP contribution in [0.2, 0.25) is 0 Å². The normalized spacial score (nSPS) is 10.2. The summed E-state index contributed by atoms with van der Waals surface area (Å²) in [5.74, 6) is -0.206. The molecule has 0 saturated carbocycles. The van der Waals surface area contributed by atoms with E-state index >= 15 is 0 Å². The van der Waals surface area contributed by atoms with Crippen LogP contribution in [0, 0.1) is 0 Å². The minimum Gasteiger partial charge on any atom is -0.453 e. The van der Waals surface area contributed by atoms with E-state index < -0.39 is 0 Å². The topological polar surface area (TPSA) is 26.3 Å². The van der Waals surface area contributed by atoms with E-state index in [4.69, 9.17) is 4.74 Å². The van der Waals surface area contributed by atoms with E-state index in [9.17, 15) is 4.79 Å². The molecule has 0 unspecified atom stereocenters. The van der Waals surface area contributed by atoms with Gasteiger partial charge in [0.25, 0.3) is 0 Å². The number of esters is 1. The lowest BCUT2D eigenvalue weighted by Gasteiger charge is -2.18. The van der Waals surface area contributed by atoms with Gasteiger partial charge in [-0.1, -0.05) is 66.7 Å². The molecule has 0 aliphatic rings. The summed E-state index contributed by atoms with van der Waals surface area (Å²) in [5, 5.41) is 0. The van der Waals surface area contributed by atoms with Crippen molar-refractivity contribution < 1.29 is 9.53 Å². The van der Waals surface area contributed by atoms with Crippen LogP contribution in [0.4, 0.5) is 0 Å². The lowest BCUT2D eigenvalue weighted by atomic mass is 10.0. The minimum atomic E-state index is -0.352. The molecule has 0 saturated heterocycles. The summed E-state index contributed by atoms with van der Waals surface area (Å²) in [6.45, 7) is 3.62. The zero-order valence-electron chi connectivity index (χ0n) is 11.4. The summed E-state index contributed by atoms with van der Waals surface area (Å²) in [4.78, 5) is 11.9. The monoisotopic (exact) mass is 266 g/mol. The highest BCUT2D eigenvalue weighted by Crippen LogP contribution is 2.26. The molecule has 0 bridgehead atoms. The molecule has 0 N–H and O–H groups in total. The smallest absolute Gasteiger partial charge is 0.307 e. The summed E-state index contributed by atoms with van der Waals surface area (Å²) in [5.41, 5.74) is 1.95. The van der Waals surface area contributed by atoms with Gasteiger partial charge in [-0.2, -0.15) is 0 Å². The number of carbonyl (C=O) groups excluding carboxylic acids is 1. The van der Waals surface area contributed by atoms with Crippen molar-refractivity contribution in [3.8, 4) is 0 Å². The van der Waals surface area contributed by atoms with E-state index in [2.05, 4.69) is 6.58 Å². The highest BCUT2D eigenvalue weighted by atomic mass is 16.5. The summed E-state index contributed by atoms with van der Waals surface area (Å²) < 4.78 is 5.64. The van der Waals surface area contributed by atoms with Gasteiger partial charge in [-0.05, 0) is 17.5 Å². The Morgan fingerprint density at radius 1 is 1.00 bits per heavy atom. The van der Waals surface area contributed by atoms with Crippen LogP contribution in [-0.4, -0.2) is 5.97 Å². The van der Waals surface area contributed by atoms with Crippen molar-refractivity contribution in [3.63, 3.8) is 0 Å². The second-order valence-electron chi connectivity index (χ2n) is 4.52. The Balaban J connectivity index is 2.21. The van der Waals surface area contributed by atoms with E-state index in [-0.39, 0.29) is 12.1 Å². The molecule has 0 aliphatic heterocycles. The highest BCUT2D eigenvalue weighted by molar-refractivity contribution is 5.70. The Kier molecular flexibility index (Phi) is 5.13. The maximum absolute atomic E-state index is 11.9. The third kappa shape index (κ3) is 3.82. The molecule has 2 aromatic rings. The number of ether oxygens (including phenoxy) is 1. The average Bonchev–Trinajstić information content (AvgIpc) is 2.52. The van der Waals surface area contributed by atoms with E-state index in [0.29, 0.717) is 12.8 Å². The third-order valence-corrected chi connectivity index (χ3v) is 3.01. The number of benzene rings is 2. The van der Waals surface area contributed by atoms with Gasteiger partial charge < -0.3 is 4.74 Å². The van der Waals surface area contributed by atoms with Gasteiger partial charge in [0, 0.05) is 6.42 Å². The zero-order valence-corrected chi connectivity index (χ0v) is 11.4. The van der Waals surface area contributed by atoms with Gasteiger partial charge in [0.05, 0.1) is 0 Å². The first kappa shape index (κ1) is 14.1. The molecule has 0 amide bonds. The number of allylic oxidation sites excluding steroid dienone is 1. The SMILES string of the molecule is C=CCCC(=O)OC(c1ccccc1)c1ccccc1. The molecule has 0 fully saturated rings. The Morgan fingerprint density at radius 2 is 1.50 bits per heavy atom. The molecule has 102 valence electrons. The third-order valence-electron chi connectivity index (χ3n) is 3.01. The molecule has 2 aromatic carbocycles. The standard InChI is InChI=1S/C18H18O2/c1-2-3-14-17(19)20-18(15-10-6-4-7-11-15)16-12-8-5-9-13-16/h2,4-13,18H,1,3,14H2. The van der Waals surface area contributed by atoms with Crippen LogP contribution in [0.15, 0.2) is 73.3 Å². The van der Waals surface area contributed by atoms with Gasteiger partial charge in [0.15, 0.2) is 6.10 Å². The fourth-order valence-electron chi connectivity index (χ4n) is 1.99. The van der Waals surface area contributed by atoms with E-state index in [1.165, 1.54) is 0 Å². The van der Waals surface area contributed by atoms with Crippen molar-refractivity contribution in [2.45, 2.75) is 18.9 Å². The molecule has 0 heterocycles. The van der Waals surface area contributed by atoms with Crippen molar-refractivity contribution >= 4 is 5.97 Å². The summed E-state index contributed by atoms with van der Waals surface area (Å²) in [7, 11) is 0. The first-order valence-corrected chi connectivity index (χ1v) is 6.71. The quantitative estimate of drug-likeness (QED) is 0.576. The van der Waals surface area contributed by atoms with Crippen LogP contribution in [0.1, 0.15) is 30.1 Å². The van der Waals surface area contributed by atoms with Gasteiger partial charge in [-0.25, -0.2) is 0 Å². The predicted octanol–water partition coefficient (Wildman–Crippen LogP) is 4.29. The summed E-state index contributed by atoms with van der Waals surface area (Å²) >= 11 is 0. The molecule has 20 heavy (non-hydrogen) atoms. The second kappa shape index (κ2) is 7.29. The van der Waals surface area contributed by atoms with Crippen LogP contribution in [-0.2, 0) is 9.53 Å². The summed E-state index contributed by atoms with van der Waals surface area (Å²) in [6, 6.07) is 19.6. The maximum Gasteiger partial charge on any atom is 0.307 e. The lowest BCUT2D eigenvalue weighted by Crippen LogP contribution is -2.12. The lowest BCUT2D eigenvalue weighted by molar-refractivity contribution is -0.147. The van der Waals surface area contributed by atoms with Crippen molar-refractivity contribution in [3.05, 3.63) is 84.4 Å². The minimum absolute atomic E-state index is 0.206. The second-order valence-corrected chi connectivity index (χ2v) is 4.52. The maximum atomic E-state index is 11.9. The van der Waals surface area contributed by atoms with Crippen LogP contribution in [0.3, 0.4) is 0 Å². The van der Waals surface area contributed by atoms with Gasteiger partial charge in [0.2, 0.25) is 0 Å². The first-order valence-electron chi connectivity index (χ1n) is 6.71. The van der Waals surface area contributed by atoms with Crippen LogP contribution >= 0.6 is 0 Å². The van der Waals surface area contributed by atoms with Crippen molar-refractivity contribution in [2.75, 3.05) is 0 Å². The van der Waals surface area contributed by atoms with Crippen molar-refractivity contribution in [1.29, 1.82) is 0 Å². The molecule has 0 radical (unpaired) electrons. The van der Waals surface area contributed by atoms with Gasteiger partial charge >= 0.3 is 5.97 Å². The average molecular weight is 266 g/mol. The number of hydrogen-bond donors (Lipinski definition) is 0. The fourth-order valence-corrected chi connectivity index (χ4v) is 1.99. The van der Waals surface area contributed by atoms with Crippen molar-refractivity contribution in [2.24, 2.45) is 0 Å². The Morgan fingerprint density at radius 3 is 1.95 bits per heavy atom. The van der Waals surface area contributed by atoms with E-state index in [0.717, 1.165) is 11.1 Å². The van der Waals surface area contributed by atoms with Crippen LogP contribution < -0.4 is 0 Å². The molecular weight excluding hydrogens is 248 g/mol. The molecule has 2 heteroatoms. The molecule has 0 aromatic heterocycles. The van der Waals surface area contributed by atoms with E-state index in [1.54, 1.807) is 6.08 Å². The Bertz CT molecular complexity index is 507. The fraction of sp³-hybridized carbons (Fsp3) is 0.167. The van der Waals surface area contributed by atoms with Gasteiger partial charge in [-0.15, -0.1) is 6.58 Å². The highest BCUT2D eigenvalue weighted by Gasteiger charge is 2.18. The first-order chi connectivity index (χ1) is 9.81. The molecule has 2 nitrogen and oxygen atoms in total. The van der Waals surface area contributed by atoms with Crippen molar-refractivity contribution in [1.82, 2.24) is 0 Å². The predicted molar refractivity (Wildman–Crippen MR) is 80.3 cm³/mol.